The fraction of sp³-hybridized carbons (Fsp3) is 0.393. The Morgan fingerprint density at radius 2 is 1.00 bits per heavy atom. The maximum Gasteiger partial charge on any atom is 0.119 e. The Hall–Kier alpha value is -4.03. The highest BCUT2D eigenvalue weighted by atomic mass is 79.9. The van der Waals surface area contributed by atoms with E-state index >= 15 is 0 Å². The lowest BCUT2D eigenvalue weighted by Gasteiger charge is -2.43. The summed E-state index contributed by atoms with van der Waals surface area (Å²) in [5.41, 5.74) is 5.23. The zero-order chi connectivity index (χ0) is 47.3. The molecule has 0 amide bonds. The Morgan fingerprint density at radius 1 is 0.588 bits per heavy atom. The summed E-state index contributed by atoms with van der Waals surface area (Å²) in [7, 11) is 4.43. The second kappa shape index (κ2) is 28.6. The number of piperidine rings is 2. The summed E-state index contributed by atoms with van der Waals surface area (Å²) in [5, 5.41) is 5.87. The van der Waals surface area contributed by atoms with E-state index in [1.807, 2.05) is 109 Å². The van der Waals surface area contributed by atoms with Crippen LogP contribution in [0.3, 0.4) is 0 Å². The monoisotopic (exact) mass is 1040 g/mol. The molecule has 0 bridgehead atoms. The first-order valence-electron chi connectivity index (χ1n) is 23.6. The van der Waals surface area contributed by atoms with Crippen LogP contribution in [-0.2, 0) is 0 Å². The Kier molecular flexibility index (Phi) is 23.1. The number of rotatable bonds is 17. The van der Waals surface area contributed by atoms with Crippen molar-refractivity contribution in [2.75, 3.05) is 78.5 Å². The molecule has 2 aromatic heterocycles. The lowest BCUT2D eigenvalue weighted by Crippen LogP contribution is -2.45. The number of nitrogens with zero attached hydrogens (tertiary/aromatic N) is 5. The molecule has 8 rings (SSSR count). The number of halogens is 4. The molecule has 2 aliphatic heterocycles. The molecule has 4 aromatic carbocycles. The van der Waals surface area contributed by atoms with Crippen LogP contribution in [0.2, 0.25) is 10.0 Å². The molecule has 2 aliphatic rings. The molecule has 6 aromatic rings. The van der Waals surface area contributed by atoms with E-state index < -0.39 is 0 Å². The van der Waals surface area contributed by atoms with Crippen molar-refractivity contribution >= 4 is 51.5 Å². The number of para-hydroxylation sites is 2. The first-order chi connectivity index (χ1) is 32.5. The summed E-state index contributed by atoms with van der Waals surface area (Å²) in [6, 6.07) is 48.8. The highest BCUT2D eigenvalue weighted by Gasteiger charge is 2.34. The average Bonchev–Trinajstić information content (AvgIpc) is 3.35. The van der Waals surface area contributed by atoms with Crippen molar-refractivity contribution in [3.63, 3.8) is 0 Å². The van der Waals surface area contributed by atoms with Crippen LogP contribution >= 0.6 is 51.5 Å². The van der Waals surface area contributed by atoms with Gasteiger partial charge in [-0.2, -0.15) is 0 Å². The molecular weight excluding hydrogens is 975 g/mol. The summed E-state index contributed by atoms with van der Waals surface area (Å²) in [6.07, 6.45) is 8.54. The smallest absolute Gasteiger partial charge is 0.119 e. The third-order valence-electron chi connectivity index (χ3n) is 12.8. The van der Waals surface area contributed by atoms with Crippen molar-refractivity contribution in [3.8, 4) is 11.5 Å². The first kappa shape index (κ1) is 54.9. The van der Waals surface area contributed by atoms with Gasteiger partial charge in [-0.1, -0.05) is 126 Å². The van der Waals surface area contributed by atoms with Gasteiger partial charge in [0, 0.05) is 47.4 Å². The normalized spacial score (nSPS) is 16.2. The second-order valence-electron chi connectivity index (χ2n) is 18.5. The lowest BCUT2D eigenvalue weighted by molar-refractivity contribution is 0.0675. The van der Waals surface area contributed by atoms with E-state index in [4.69, 9.17) is 32.7 Å². The van der Waals surface area contributed by atoms with Gasteiger partial charge in [0.2, 0.25) is 0 Å². The maximum atomic E-state index is 6.16. The number of hydrogen-bond donors (Lipinski definition) is 1. The minimum atomic E-state index is 0. The van der Waals surface area contributed by atoms with Gasteiger partial charge in [-0.05, 0) is 161 Å². The molecule has 4 heterocycles. The van der Waals surface area contributed by atoms with Gasteiger partial charge < -0.3 is 14.8 Å². The number of nitrogens with one attached hydrogen (secondary N) is 1. The third kappa shape index (κ3) is 17.7. The number of alkyl halides is 1. The molecule has 2 atom stereocenters. The zero-order valence-corrected chi connectivity index (χ0v) is 44.1. The van der Waals surface area contributed by atoms with Gasteiger partial charge >= 0.3 is 0 Å². The van der Waals surface area contributed by atoms with Crippen molar-refractivity contribution in [3.05, 3.63) is 191 Å². The van der Waals surface area contributed by atoms with Gasteiger partial charge in [0.25, 0.3) is 0 Å². The molecule has 0 saturated carbocycles. The van der Waals surface area contributed by atoms with Crippen LogP contribution in [-0.4, -0.2) is 103 Å². The minimum absolute atomic E-state index is 0. The van der Waals surface area contributed by atoms with E-state index in [2.05, 4.69) is 122 Å². The number of ether oxygens (including phenoxy) is 2. The van der Waals surface area contributed by atoms with Crippen molar-refractivity contribution in [2.45, 2.75) is 51.6 Å². The van der Waals surface area contributed by atoms with Crippen molar-refractivity contribution in [1.82, 2.24) is 30.0 Å². The second-order valence-corrected chi connectivity index (χ2v) is 20.1. The largest absolute Gasteiger partial charge is 0.493 e. The van der Waals surface area contributed by atoms with Gasteiger partial charge in [-0.25, -0.2) is 0 Å². The van der Waals surface area contributed by atoms with Crippen LogP contribution in [0.5, 0.6) is 11.5 Å². The predicted molar refractivity (Wildman–Crippen MR) is 289 cm³/mol. The van der Waals surface area contributed by atoms with Gasteiger partial charge in [-0.3, -0.25) is 24.7 Å². The highest BCUT2D eigenvalue weighted by Crippen LogP contribution is 2.37. The number of hydrogen-bond acceptors (Lipinski definition) is 8. The molecule has 0 aliphatic carbocycles. The predicted octanol–water partition coefficient (Wildman–Crippen LogP) is 13.0. The summed E-state index contributed by atoms with van der Waals surface area (Å²) in [4.78, 5) is 16.7. The maximum absolute atomic E-state index is 6.16. The van der Waals surface area contributed by atoms with Crippen molar-refractivity contribution < 1.29 is 9.47 Å². The third-order valence-corrected chi connectivity index (χ3v) is 13.7. The number of pyridine rings is 2. The number of benzene rings is 4. The van der Waals surface area contributed by atoms with E-state index in [0.717, 1.165) is 97.3 Å². The van der Waals surface area contributed by atoms with Gasteiger partial charge in [0.05, 0.1) is 30.1 Å². The quantitative estimate of drug-likeness (QED) is 0.0907. The molecule has 2 unspecified atom stereocenters. The summed E-state index contributed by atoms with van der Waals surface area (Å²) in [5.74, 6) is 1.88. The number of aromatic nitrogens is 2. The van der Waals surface area contributed by atoms with Crippen LogP contribution in [0.4, 0.5) is 0 Å². The Balaban J connectivity index is 0.000000215. The molecule has 0 spiro atoms. The van der Waals surface area contributed by atoms with E-state index in [1.165, 1.54) is 36.8 Å². The van der Waals surface area contributed by atoms with E-state index in [-0.39, 0.29) is 29.9 Å². The van der Waals surface area contributed by atoms with Crippen molar-refractivity contribution in [2.24, 2.45) is 10.8 Å². The molecule has 2 saturated heterocycles. The summed E-state index contributed by atoms with van der Waals surface area (Å²) >= 11 is 15.5. The number of likely N-dealkylation sites (tertiary alicyclic amines) is 1. The summed E-state index contributed by atoms with van der Waals surface area (Å²) in [6.45, 7) is 13.8. The molecule has 12 heteroatoms. The molecule has 68 heavy (non-hydrogen) atoms. The lowest BCUT2D eigenvalue weighted by atomic mass is 9.79. The van der Waals surface area contributed by atoms with Crippen LogP contribution < -0.4 is 14.8 Å². The average molecular weight is 1050 g/mol. The SMILES string of the molecule is BrCCOc1ccccc1.CN(CC1(C)CCN(CCOc2ccccc2)CC1)C(c1ccc(Cl)cc1)c1ccccn1.CN(CC1(C)CCNCC1)C(c1ccc(Cl)cc1)c1ccccn1.Cl. The van der Waals surface area contributed by atoms with Crippen LogP contribution in [0, 0.1) is 10.8 Å². The Labute approximate surface area is 431 Å². The van der Waals surface area contributed by atoms with Gasteiger partial charge in [0.15, 0.2) is 0 Å². The fourth-order valence-corrected chi connectivity index (χ4v) is 9.61. The zero-order valence-electron chi connectivity index (χ0n) is 40.2. The molecule has 1 N–H and O–H groups in total. The first-order valence-corrected chi connectivity index (χ1v) is 25.5. The van der Waals surface area contributed by atoms with Crippen LogP contribution in [0.15, 0.2) is 158 Å². The van der Waals surface area contributed by atoms with Gasteiger partial charge in [0.1, 0.15) is 18.1 Å². The molecule has 364 valence electrons. The minimum Gasteiger partial charge on any atom is -0.493 e. The fourth-order valence-electron chi connectivity index (χ4n) is 9.20. The summed E-state index contributed by atoms with van der Waals surface area (Å²) < 4.78 is 11.2. The standard InChI is InChI=1S/C28H34ClN3O.C20H26ClN3.C8H9BrO.ClH/c1-28(15-18-32(19-16-28)20-21-33-25-8-4-3-5-9-25)22-31(2)27(26-10-6-7-17-30-26)23-11-13-24(29)14-12-23;1-20(10-13-22-14-11-20)15-24(2)19(18-5-3-4-12-23-18)16-6-8-17(21)9-7-16;9-6-7-10-8-4-2-1-3-5-8;/h3-14,17,27H,15-16,18-22H2,1-2H3;3-9,12,19,22H,10-11,13-15H2,1-2H3;1-5H,6-7H2;1H. The Morgan fingerprint density at radius 3 is 1.41 bits per heavy atom. The van der Waals surface area contributed by atoms with Gasteiger partial charge in [-0.15, -0.1) is 12.4 Å². The highest BCUT2D eigenvalue weighted by molar-refractivity contribution is 9.09. The van der Waals surface area contributed by atoms with Crippen molar-refractivity contribution in [1.29, 1.82) is 0 Å². The molecule has 0 radical (unpaired) electrons. The van der Waals surface area contributed by atoms with E-state index in [0.29, 0.717) is 5.41 Å². The van der Waals surface area contributed by atoms with E-state index in [9.17, 15) is 0 Å². The topological polar surface area (TPSA) is 66.0 Å². The molecule has 2 fully saturated rings. The Bertz CT molecular complexity index is 2250. The van der Waals surface area contributed by atoms with Crippen LogP contribution in [0.1, 0.15) is 74.1 Å². The van der Waals surface area contributed by atoms with E-state index in [1.54, 1.807) is 0 Å². The molecule has 8 nitrogen and oxygen atoms in total. The van der Waals surface area contributed by atoms with Crippen LogP contribution in [0.25, 0.3) is 0 Å². The molecular formula is C56H70BrCl3N6O2.